The molecule has 1 aliphatic heterocycles. The van der Waals surface area contributed by atoms with Crippen LogP contribution in [0, 0.1) is 11.8 Å². The van der Waals surface area contributed by atoms with Crippen molar-refractivity contribution >= 4 is 0 Å². The lowest BCUT2D eigenvalue weighted by atomic mass is 9.88. The minimum atomic E-state index is -0.110. The second-order valence-electron chi connectivity index (χ2n) is 3.55. The maximum Gasteiger partial charge on any atom is 0.0667 e. The molecule has 10 heavy (non-hydrogen) atoms. The normalized spacial score (nSPS) is 34.8. The lowest BCUT2D eigenvalue weighted by Crippen LogP contribution is -2.41. The lowest BCUT2D eigenvalue weighted by molar-refractivity contribution is 0.0990. The summed E-state index contributed by atoms with van der Waals surface area (Å²) in [6, 6.07) is 0. The number of aliphatic hydroxyl groups is 1. The average molecular weight is 143 g/mol. The first-order valence-electron chi connectivity index (χ1n) is 4.09. The summed E-state index contributed by atoms with van der Waals surface area (Å²) in [5.41, 5.74) is 0. The van der Waals surface area contributed by atoms with E-state index in [2.05, 4.69) is 19.2 Å². The fourth-order valence-corrected chi connectivity index (χ4v) is 1.46. The van der Waals surface area contributed by atoms with E-state index in [4.69, 9.17) is 0 Å². The van der Waals surface area contributed by atoms with Crippen LogP contribution in [0.4, 0.5) is 0 Å². The summed E-state index contributed by atoms with van der Waals surface area (Å²) in [5.74, 6) is 1.37. The van der Waals surface area contributed by atoms with Crippen molar-refractivity contribution < 1.29 is 5.11 Å². The van der Waals surface area contributed by atoms with E-state index in [-0.39, 0.29) is 6.10 Å². The van der Waals surface area contributed by atoms with Crippen LogP contribution in [0.1, 0.15) is 20.3 Å². The summed E-state index contributed by atoms with van der Waals surface area (Å²) in [4.78, 5) is 0. The van der Waals surface area contributed by atoms with Crippen molar-refractivity contribution in [2.75, 3.05) is 13.1 Å². The van der Waals surface area contributed by atoms with E-state index >= 15 is 0 Å². The van der Waals surface area contributed by atoms with Crippen molar-refractivity contribution in [3.63, 3.8) is 0 Å². The number of β-amino-alcohol motifs (C(OH)–C–C–N with tert-alkyl or cyclic N) is 1. The number of piperidine rings is 1. The quantitative estimate of drug-likeness (QED) is 0.564. The molecule has 2 N–H and O–H groups in total. The predicted molar refractivity (Wildman–Crippen MR) is 41.8 cm³/mol. The Morgan fingerprint density at radius 2 is 2.10 bits per heavy atom. The molecular formula is C8H17NO. The highest BCUT2D eigenvalue weighted by Gasteiger charge is 2.21. The van der Waals surface area contributed by atoms with Crippen LogP contribution < -0.4 is 5.32 Å². The van der Waals surface area contributed by atoms with Crippen molar-refractivity contribution in [1.29, 1.82) is 0 Å². The van der Waals surface area contributed by atoms with Gasteiger partial charge in [-0.1, -0.05) is 13.8 Å². The molecule has 1 saturated heterocycles. The molecule has 0 aromatic carbocycles. The van der Waals surface area contributed by atoms with E-state index in [0.29, 0.717) is 11.8 Å². The first-order chi connectivity index (χ1) is 4.70. The zero-order valence-electron chi connectivity index (χ0n) is 6.80. The van der Waals surface area contributed by atoms with Crippen LogP contribution in [0.2, 0.25) is 0 Å². The van der Waals surface area contributed by atoms with Crippen molar-refractivity contribution in [2.24, 2.45) is 11.8 Å². The van der Waals surface area contributed by atoms with Crippen molar-refractivity contribution in [3.05, 3.63) is 0 Å². The van der Waals surface area contributed by atoms with Crippen LogP contribution in [0.15, 0.2) is 0 Å². The molecule has 0 saturated carbocycles. The van der Waals surface area contributed by atoms with Crippen molar-refractivity contribution in [1.82, 2.24) is 5.32 Å². The maximum absolute atomic E-state index is 9.27. The predicted octanol–water partition coefficient (Wildman–Crippen LogP) is 0.613. The summed E-state index contributed by atoms with van der Waals surface area (Å²) in [7, 11) is 0. The van der Waals surface area contributed by atoms with Crippen LogP contribution in [-0.4, -0.2) is 24.3 Å². The second kappa shape index (κ2) is 3.35. The third-order valence-corrected chi connectivity index (χ3v) is 2.30. The van der Waals surface area contributed by atoms with E-state index in [9.17, 15) is 5.11 Å². The van der Waals surface area contributed by atoms with Gasteiger partial charge in [0.25, 0.3) is 0 Å². The molecule has 1 heterocycles. The summed E-state index contributed by atoms with van der Waals surface area (Å²) >= 11 is 0. The van der Waals surface area contributed by atoms with Gasteiger partial charge in [-0.3, -0.25) is 0 Å². The van der Waals surface area contributed by atoms with E-state index in [1.165, 1.54) is 0 Å². The van der Waals surface area contributed by atoms with Gasteiger partial charge in [0.1, 0.15) is 0 Å². The Bertz CT molecular complexity index is 103. The Labute approximate surface area is 62.6 Å². The van der Waals surface area contributed by atoms with Gasteiger partial charge in [0, 0.05) is 6.54 Å². The van der Waals surface area contributed by atoms with Crippen LogP contribution >= 0.6 is 0 Å². The zero-order valence-corrected chi connectivity index (χ0v) is 6.80. The molecule has 1 rings (SSSR count). The molecule has 2 atom stereocenters. The molecule has 60 valence electrons. The minimum Gasteiger partial charge on any atom is -0.392 e. The smallest absolute Gasteiger partial charge is 0.0667 e. The fourth-order valence-electron chi connectivity index (χ4n) is 1.46. The van der Waals surface area contributed by atoms with Gasteiger partial charge in [0.05, 0.1) is 6.10 Å². The molecule has 2 unspecified atom stereocenters. The molecule has 0 bridgehead atoms. The molecule has 0 radical (unpaired) electrons. The van der Waals surface area contributed by atoms with Gasteiger partial charge in [-0.15, -0.1) is 0 Å². The number of hydrogen-bond donors (Lipinski definition) is 2. The third kappa shape index (κ3) is 1.96. The van der Waals surface area contributed by atoms with Crippen LogP contribution in [0.25, 0.3) is 0 Å². The van der Waals surface area contributed by atoms with Gasteiger partial charge in [-0.2, -0.15) is 0 Å². The van der Waals surface area contributed by atoms with E-state index in [1.54, 1.807) is 0 Å². The van der Waals surface area contributed by atoms with Gasteiger partial charge in [-0.05, 0) is 24.8 Å². The molecule has 0 spiro atoms. The Balaban J connectivity index is 2.32. The molecule has 1 aliphatic rings. The van der Waals surface area contributed by atoms with Gasteiger partial charge in [0.15, 0.2) is 0 Å². The van der Waals surface area contributed by atoms with Crippen LogP contribution in [0.5, 0.6) is 0 Å². The van der Waals surface area contributed by atoms with Crippen molar-refractivity contribution in [3.8, 4) is 0 Å². The zero-order chi connectivity index (χ0) is 7.56. The van der Waals surface area contributed by atoms with E-state index in [1.807, 2.05) is 0 Å². The molecule has 0 aromatic heterocycles. The molecule has 0 aromatic rings. The Morgan fingerprint density at radius 3 is 2.50 bits per heavy atom. The first kappa shape index (κ1) is 8.02. The molecule has 2 heteroatoms. The summed E-state index contributed by atoms with van der Waals surface area (Å²) in [6.45, 7) is 6.28. The topological polar surface area (TPSA) is 32.3 Å². The summed E-state index contributed by atoms with van der Waals surface area (Å²) in [5, 5.41) is 12.5. The monoisotopic (exact) mass is 143 g/mol. The van der Waals surface area contributed by atoms with Crippen LogP contribution in [0.3, 0.4) is 0 Å². The highest BCUT2D eigenvalue weighted by atomic mass is 16.3. The van der Waals surface area contributed by atoms with Gasteiger partial charge < -0.3 is 10.4 Å². The SMILES string of the molecule is CC(C)C1CNCC(O)C1. The molecule has 2 nitrogen and oxygen atoms in total. The maximum atomic E-state index is 9.27. The second-order valence-corrected chi connectivity index (χ2v) is 3.55. The average Bonchev–Trinajstić information content (AvgIpc) is 1.88. The lowest BCUT2D eigenvalue weighted by Gasteiger charge is -2.29. The van der Waals surface area contributed by atoms with Gasteiger partial charge in [0.2, 0.25) is 0 Å². The minimum absolute atomic E-state index is 0.110. The number of aliphatic hydroxyl groups excluding tert-OH is 1. The molecular weight excluding hydrogens is 126 g/mol. The third-order valence-electron chi connectivity index (χ3n) is 2.30. The molecule has 0 aliphatic carbocycles. The highest BCUT2D eigenvalue weighted by Crippen LogP contribution is 2.18. The Kier molecular flexibility index (Phi) is 2.69. The summed E-state index contributed by atoms with van der Waals surface area (Å²) < 4.78 is 0. The molecule has 0 amide bonds. The number of nitrogens with one attached hydrogen (secondary N) is 1. The fraction of sp³-hybridized carbons (Fsp3) is 1.00. The Morgan fingerprint density at radius 1 is 1.40 bits per heavy atom. The van der Waals surface area contributed by atoms with E-state index < -0.39 is 0 Å². The van der Waals surface area contributed by atoms with Crippen LogP contribution in [-0.2, 0) is 0 Å². The summed E-state index contributed by atoms with van der Waals surface area (Å²) in [6.07, 6.45) is 0.867. The Hall–Kier alpha value is -0.0800. The van der Waals surface area contributed by atoms with Crippen molar-refractivity contribution in [2.45, 2.75) is 26.4 Å². The number of hydrogen-bond acceptors (Lipinski definition) is 2. The molecule has 1 fully saturated rings. The van der Waals surface area contributed by atoms with E-state index in [0.717, 1.165) is 19.5 Å². The highest BCUT2D eigenvalue weighted by molar-refractivity contribution is 4.76. The van der Waals surface area contributed by atoms with Gasteiger partial charge >= 0.3 is 0 Å². The standard InChI is InChI=1S/C8H17NO/c1-6(2)7-3-8(10)5-9-4-7/h6-10H,3-5H2,1-2H3. The van der Waals surface area contributed by atoms with Gasteiger partial charge in [-0.25, -0.2) is 0 Å². The number of rotatable bonds is 1. The largest absolute Gasteiger partial charge is 0.392 e. The first-order valence-corrected chi connectivity index (χ1v) is 4.09.